The van der Waals surface area contributed by atoms with E-state index in [4.69, 9.17) is 22.1 Å². The van der Waals surface area contributed by atoms with Crippen LogP contribution >= 0.6 is 11.6 Å². The van der Waals surface area contributed by atoms with Gasteiger partial charge >= 0.3 is 5.97 Å². The van der Waals surface area contributed by atoms with Gasteiger partial charge in [-0.05, 0) is 31.2 Å². The number of ether oxygens (including phenoxy) is 1. The van der Waals surface area contributed by atoms with Crippen molar-refractivity contribution in [1.29, 1.82) is 0 Å². The zero-order valence-electron chi connectivity index (χ0n) is 13.4. The van der Waals surface area contributed by atoms with Crippen LogP contribution in [-0.4, -0.2) is 30.9 Å². The molecule has 128 valence electrons. The molecule has 0 unspecified atom stereocenters. The van der Waals surface area contributed by atoms with Crippen molar-refractivity contribution < 1.29 is 9.53 Å². The summed E-state index contributed by atoms with van der Waals surface area (Å²) in [6.07, 6.45) is 3.33. The largest absolute Gasteiger partial charge is 0.455 e. The van der Waals surface area contributed by atoms with Crippen molar-refractivity contribution in [2.24, 2.45) is 0 Å². The van der Waals surface area contributed by atoms with Gasteiger partial charge in [0.05, 0.1) is 18.3 Å². The first kappa shape index (κ1) is 16.8. The van der Waals surface area contributed by atoms with Crippen LogP contribution in [0.5, 0.6) is 0 Å². The molecule has 8 nitrogen and oxygen atoms in total. The van der Waals surface area contributed by atoms with Gasteiger partial charge in [-0.3, -0.25) is 0 Å². The van der Waals surface area contributed by atoms with Gasteiger partial charge in [0.1, 0.15) is 23.9 Å². The van der Waals surface area contributed by atoms with Crippen LogP contribution < -0.4 is 5.73 Å². The molecule has 0 aliphatic carbocycles. The molecule has 0 atom stereocenters. The van der Waals surface area contributed by atoms with Crippen LogP contribution in [0.2, 0.25) is 5.02 Å². The van der Waals surface area contributed by atoms with Gasteiger partial charge in [0.2, 0.25) is 0 Å². The Balaban J connectivity index is 1.60. The van der Waals surface area contributed by atoms with E-state index in [0.29, 0.717) is 34.5 Å². The number of benzene rings is 1. The van der Waals surface area contributed by atoms with Gasteiger partial charge in [-0.1, -0.05) is 16.8 Å². The predicted molar refractivity (Wildman–Crippen MR) is 90.9 cm³/mol. The van der Waals surface area contributed by atoms with Crippen LogP contribution in [-0.2, 0) is 17.9 Å². The van der Waals surface area contributed by atoms with Gasteiger partial charge in [0, 0.05) is 16.8 Å². The molecule has 0 amide bonds. The van der Waals surface area contributed by atoms with E-state index in [1.165, 1.54) is 0 Å². The summed E-state index contributed by atoms with van der Waals surface area (Å²) in [5.74, 6) is 0.552. The molecule has 1 aromatic carbocycles. The summed E-state index contributed by atoms with van der Waals surface area (Å²) in [7, 11) is 0. The average Bonchev–Trinajstić information content (AvgIpc) is 3.03. The second kappa shape index (κ2) is 7.27. The van der Waals surface area contributed by atoms with E-state index in [2.05, 4.69) is 20.3 Å². The lowest BCUT2D eigenvalue weighted by molar-refractivity contribution is 0.0467. The standard InChI is InChI=1S/C16H15ClN6O2/c1-10-19-6-12(15(18)20-10)7-23-8-14(21-22-23)9-25-16(24)11-2-4-13(17)5-3-11/h2-6,8H,7,9H2,1H3,(H2,18,19,20). The normalized spacial score (nSPS) is 10.6. The summed E-state index contributed by atoms with van der Waals surface area (Å²) >= 11 is 5.79. The summed E-state index contributed by atoms with van der Waals surface area (Å²) in [6, 6.07) is 6.45. The van der Waals surface area contributed by atoms with Crippen molar-refractivity contribution in [3.8, 4) is 0 Å². The number of halogens is 1. The Morgan fingerprint density at radius 2 is 2.08 bits per heavy atom. The van der Waals surface area contributed by atoms with Crippen molar-refractivity contribution in [2.75, 3.05) is 5.73 Å². The molecule has 0 aliphatic rings. The Morgan fingerprint density at radius 3 is 2.80 bits per heavy atom. The number of nitrogen functional groups attached to an aromatic ring is 1. The lowest BCUT2D eigenvalue weighted by Gasteiger charge is -2.04. The second-order valence-electron chi connectivity index (χ2n) is 5.32. The van der Waals surface area contributed by atoms with Crippen molar-refractivity contribution in [1.82, 2.24) is 25.0 Å². The van der Waals surface area contributed by atoms with Crippen molar-refractivity contribution in [3.63, 3.8) is 0 Å². The molecule has 0 saturated carbocycles. The molecule has 3 aromatic rings. The molecule has 0 spiro atoms. The molecule has 3 rings (SSSR count). The van der Waals surface area contributed by atoms with E-state index in [0.717, 1.165) is 5.56 Å². The second-order valence-corrected chi connectivity index (χ2v) is 5.75. The monoisotopic (exact) mass is 358 g/mol. The van der Waals surface area contributed by atoms with E-state index >= 15 is 0 Å². The van der Waals surface area contributed by atoms with Gasteiger partial charge < -0.3 is 10.5 Å². The van der Waals surface area contributed by atoms with Crippen molar-refractivity contribution in [3.05, 3.63) is 64.3 Å². The van der Waals surface area contributed by atoms with E-state index in [-0.39, 0.29) is 6.61 Å². The van der Waals surface area contributed by atoms with E-state index in [1.807, 2.05) is 0 Å². The van der Waals surface area contributed by atoms with Crippen LogP contribution in [0.15, 0.2) is 36.7 Å². The fourth-order valence-corrected chi connectivity index (χ4v) is 2.23. The smallest absolute Gasteiger partial charge is 0.338 e. The number of nitrogens with two attached hydrogens (primary N) is 1. The van der Waals surface area contributed by atoms with E-state index in [1.54, 1.807) is 48.3 Å². The molecule has 2 aromatic heterocycles. The number of carbonyl (C=O) groups excluding carboxylic acids is 1. The van der Waals surface area contributed by atoms with Crippen LogP contribution in [0.1, 0.15) is 27.4 Å². The third-order valence-electron chi connectivity index (χ3n) is 3.37. The minimum absolute atomic E-state index is 0.0152. The summed E-state index contributed by atoms with van der Waals surface area (Å²) in [5, 5.41) is 8.51. The minimum Gasteiger partial charge on any atom is -0.455 e. The number of esters is 1. The first-order valence-corrected chi connectivity index (χ1v) is 7.79. The summed E-state index contributed by atoms with van der Waals surface area (Å²) in [4.78, 5) is 20.2. The number of aryl methyl sites for hydroxylation is 1. The summed E-state index contributed by atoms with van der Waals surface area (Å²) < 4.78 is 6.79. The lowest BCUT2D eigenvalue weighted by atomic mass is 10.2. The van der Waals surface area contributed by atoms with Gasteiger partial charge in [-0.25, -0.2) is 19.4 Å². The third kappa shape index (κ3) is 4.30. The number of aromatic nitrogens is 5. The molecule has 25 heavy (non-hydrogen) atoms. The Kier molecular flexibility index (Phi) is 4.90. The highest BCUT2D eigenvalue weighted by Crippen LogP contribution is 2.12. The molecule has 0 fully saturated rings. The predicted octanol–water partition coefficient (Wildman–Crippen LogP) is 2.02. The van der Waals surface area contributed by atoms with E-state index in [9.17, 15) is 4.79 Å². The maximum Gasteiger partial charge on any atom is 0.338 e. The number of anilines is 1. The number of hydrogen-bond acceptors (Lipinski definition) is 7. The van der Waals surface area contributed by atoms with E-state index < -0.39 is 5.97 Å². The fourth-order valence-electron chi connectivity index (χ4n) is 2.10. The van der Waals surface area contributed by atoms with Gasteiger partial charge in [-0.15, -0.1) is 5.10 Å². The molecule has 2 heterocycles. The highest BCUT2D eigenvalue weighted by molar-refractivity contribution is 6.30. The fraction of sp³-hybridized carbons (Fsp3) is 0.188. The molecule has 9 heteroatoms. The molecular weight excluding hydrogens is 344 g/mol. The highest BCUT2D eigenvalue weighted by atomic mass is 35.5. The number of carbonyl (C=O) groups is 1. The minimum atomic E-state index is -0.456. The average molecular weight is 359 g/mol. The van der Waals surface area contributed by atoms with Crippen molar-refractivity contribution >= 4 is 23.4 Å². The Morgan fingerprint density at radius 1 is 1.32 bits per heavy atom. The summed E-state index contributed by atoms with van der Waals surface area (Å²) in [5.41, 5.74) is 7.53. The third-order valence-corrected chi connectivity index (χ3v) is 3.62. The zero-order valence-corrected chi connectivity index (χ0v) is 14.1. The zero-order chi connectivity index (χ0) is 17.8. The van der Waals surface area contributed by atoms with Crippen molar-refractivity contribution in [2.45, 2.75) is 20.1 Å². The molecule has 0 radical (unpaired) electrons. The number of rotatable bonds is 5. The van der Waals surface area contributed by atoms with Crippen LogP contribution in [0.25, 0.3) is 0 Å². The molecule has 0 aliphatic heterocycles. The molecular formula is C16H15ClN6O2. The first-order chi connectivity index (χ1) is 12.0. The maximum absolute atomic E-state index is 12.0. The lowest BCUT2D eigenvalue weighted by Crippen LogP contribution is -2.07. The van der Waals surface area contributed by atoms with Gasteiger partial charge in [0.15, 0.2) is 0 Å². The highest BCUT2D eigenvalue weighted by Gasteiger charge is 2.10. The van der Waals surface area contributed by atoms with Crippen LogP contribution in [0.3, 0.4) is 0 Å². The van der Waals surface area contributed by atoms with Gasteiger partial charge in [0.25, 0.3) is 0 Å². The Labute approximate surface area is 148 Å². The van der Waals surface area contributed by atoms with Gasteiger partial charge in [-0.2, -0.15) is 0 Å². The van der Waals surface area contributed by atoms with Crippen LogP contribution in [0.4, 0.5) is 5.82 Å². The Hall–Kier alpha value is -3.00. The molecule has 0 saturated heterocycles. The quantitative estimate of drug-likeness (QED) is 0.695. The molecule has 0 bridgehead atoms. The summed E-state index contributed by atoms with van der Waals surface area (Å²) in [6.45, 7) is 2.16. The number of nitrogens with zero attached hydrogens (tertiary/aromatic N) is 5. The SMILES string of the molecule is Cc1ncc(Cn2cc(COC(=O)c3ccc(Cl)cc3)nn2)c(N)n1. The topological polar surface area (TPSA) is 109 Å². The molecule has 2 N–H and O–H groups in total. The first-order valence-electron chi connectivity index (χ1n) is 7.41. The maximum atomic E-state index is 12.0. The Bertz CT molecular complexity index is 894. The number of hydrogen-bond donors (Lipinski definition) is 1. The van der Waals surface area contributed by atoms with Crippen LogP contribution in [0, 0.1) is 6.92 Å².